The van der Waals surface area contributed by atoms with Crippen LogP contribution >= 0.6 is 11.6 Å². The van der Waals surface area contributed by atoms with Crippen molar-refractivity contribution in [2.75, 3.05) is 0 Å². The van der Waals surface area contributed by atoms with Crippen LogP contribution in [-0.4, -0.2) is 16.7 Å². The Balaban J connectivity index is 1.54. The van der Waals surface area contributed by atoms with Gasteiger partial charge >= 0.3 is 0 Å². The SMILES string of the molecule is CC(N)=NC(=N)/C(=C/c1ccc(Cl)cc1)c1ccc(OCc2ccc3ccccc3n2)cc1. The number of ether oxygens (including phenoxy) is 1. The van der Waals surface area contributed by atoms with Crippen LogP contribution in [0, 0.1) is 5.41 Å². The maximum Gasteiger partial charge on any atom is 0.154 e. The van der Waals surface area contributed by atoms with Crippen LogP contribution in [0.3, 0.4) is 0 Å². The monoisotopic (exact) mass is 454 g/mol. The molecule has 0 aliphatic carbocycles. The van der Waals surface area contributed by atoms with Gasteiger partial charge in [-0.2, -0.15) is 0 Å². The van der Waals surface area contributed by atoms with Crippen molar-refractivity contribution in [2.24, 2.45) is 10.7 Å². The second-order valence-electron chi connectivity index (χ2n) is 7.52. The molecule has 1 heterocycles. The third kappa shape index (κ3) is 5.84. The highest BCUT2D eigenvalue weighted by Gasteiger charge is 2.09. The summed E-state index contributed by atoms with van der Waals surface area (Å²) < 4.78 is 5.93. The molecule has 0 aliphatic heterocycles. The Kier molecular flexibility index (Phi) is 6.81. The van der Waals surface area contributed by atoms with Gasteiger partial charge in [-0.3, -0.25) is 5.41 Å². The number of hydrogen-bond acceptors (Lipinski definition) is 3. The van der Waals surface area contributed by atoms with Crippen LogP contribution in [0.4, 0.5) is 0 Å². The van der Waals surface area contributed by atoms with E-state index in [-0.39, 0.29) is 5.84 Å². The Labute approximate surface area is 197 Å². The van der Waals surface area contributed by atoms with Crippen molar-refractivity contribution in [1.29, 1.82) is 5.41 Å². The second kappa shape index (κ2) is 10.1. The van der Waals surface area contributed by atoms with Crippen molar-refractivity contribution in [1.82, 2.24) is 4.98 Å². The van der Waals surface area contributed by atoms with Gasteiger partial charge in [0.1, 0.15) is 12.4 Å². The first kappa shape index (κ1) is 22.2. The van der Waals surface area contributed by atoms with E-state index < -0.39 is 0 Å². The van der Waals surface area contributed by atoms with E-state index in [1.807, 2.05) is 91.0 Å². The molecule has 0 saturated heterocycles. The minimum absolute atomic E-state index is 0.0824. The summed E-state index contributed by atoms with van der Waals surface area (Å²) >= 11 is 6.00. The lowest BCUT2D eigenvalue weighted by atomic mass is 10.0. The normalized spacial score (nSPS) is 12.1. The number of pyridine rings is 1. The molecule has 0 unspecified atom stereocenters. The van der Waals surface area contributed by atoms with E-state index >= 15 is 0 Å². The van der Waals surface area contributed by atoms with Crippen molar-refractivity contribution < 1.29 is 4.74 Å². The molecule has 1 aromatic heterocycles. The fourth-order valence-corrected chi connectivity index (χ4v) is 3.45. The highest BCUT2D eigenvalue weighted by molar-refractivity contribution is 6.30. The average Bonchev–Trinajstić information content (AvgIpc) is 2.82. The van der Waals surface area contributed by atoms with Crippen molar-refractivity contribution in [2.45, 2.75) is 13.5 Å². The van der Waals surface area contributed by atoms with Crippen LogP contribution in [0.1, 0.15) is 23.7 Å². The van der Waals surface area contributed by atoms with Gasteiger partial charge in [-0.05, 0) is 60.5 Å². The number of nitrogens with zero attached hydrogens (tertiary/aromatic N) is 2. The summed E-state index contributed by atoms with van der Waals surface area (Å²) in [5, 5.41) is 10.2. The number of hydrogen-bond donors (Lipinski definition) is 2. The maximum absolute atomic E-state index is 8.42. The van der Waals surface area contributed by atoms with Crippen molar-refractivity contribution in [3.8, 4) is 5.75 Å². The summed E-state index contributed by atoms with van der Waals surface area (Å²) in [6.07, 6.45) is 1.89. The fraction of sp³-hybridized carbons (Fsp3) is 0.0741. The van der Waals surface area contributed by atoms with Crippen molar-refractivity contribution in [3.05, 3.63) is 107 Å². The summed E-state index contributed by atoms with van der Waals surface area (Å²) in [5.41, 5.74) is 9.90. The zero-order valence-corrected chi connectivity index (χ0v) is 18.9. The third-order valence-electron chi connectivity index (χ3n) is 4.93. The number of nitrogens with two attached hydrogens (primary N) is 1. The van der Waals surface area contributed by atoms with Crippen LogP contribution in [0.5, 0.6) is 5.75 Å². The third-order valence-corrected chi connectivity index (χ3v) is 5.18. The number of benzene rings is 3. The van der Waals surface area contributed by atoms with E-state index in [2.05, 4.69) is 9.98 Å². The molecule has 3 aromatic carbocycles. The number of halogens is 1. The molecule has 3 N–H and O–H groups in total. The highest BCUT2D eigenvalue weighted by atomic mass is 35.5. The zero-order chi connectivity index (χ0) is 23.2. The molecule has 0 amide bonds. The molecular weight excluding hydrogens is 432 g/mol. The van der Waals surface area contributed by atoms with Gasteiger partial charge in [0, 0.05) is 16.0 Å². The molecule has 4 rings (SSSR count). The van der Waals surface area contributed by atoms with Crippen LogP contribution in [0.2, 0.25) is 5.02 Å². The molecule has 0 bridgehead atoms. The van der Waals surface area contributed by atoms with Gasteiger partial charge in [0.05, 0.1) is 17.0 Å². The van der Waals surface area contributed by atoms with Crippen LogP contribution in [-0.2, 0) is 6.61 Å². The van der Waals surface area contributed by atoms with E-state index in [1.165, 1.54) is 0 Å². The largest absolute Gasteiger partial charge is 0.487 e. The Hall–Kier alpha value is -3.96. The number of aliphatic imine (C=N–C) groups is 1. The maximum atomic E-state index is 8.42. The predicted molar refractivity (Wildman–Crippen MR) is 137 cm³/mol. The molecule has 0 fully saturated rings. The van der Waals surface area contributed by atoms with Gasteiger partial charge in [0.15, 0.2) is 5.84 Å². The first-order chi connectivity index (χ1) is 16.0. The minimum Gasteiger partial charge on any atom is -0.487 e. The molecule has 0 aliphatic rings. The summed E-state index contributed by atoms with van der Waals surface area (Å²) in [7, 11) is 0. The minimum atomic E-state index is 0.0824. The zero-order valence-electron chi connectivity index (χ0n) is 18.1. The van der Waals surface area contributed by atoms with E-state index in [9.17, 15) is 0 Å². The van der Waals surface area contributed by atoms with Crippen LogP contribution < -0.4 is 10.5 Å². The number of fused-ring (bicyclic) bond motifs is 1. The van der Waals surface area contributed by atoms with Crippen LogP contribution in [0.25, 0.3) is 22.6 Å². The van der Waals surface area contributed by atoms with E-state index in [0.29, 0.717) is 28.8 Å². The lowest BCUT2D eigenvalue weighted by Crippen LogP contribution is -2.09. The highest BCUT2D eigenvalue weighted by Crippen LogP contribution is 2.24. The quantitative estimate of drug-likeness (QED) is 0.202. The molecule has 164 valence electrons. The molecule has 4 aromatic rings. The molecule has 5 nitrogen and oxygen atoms in total. The number of para-hydroxylation sites is 1. The summed E-state index contributed by atoms with van der Waals surface area (Å²) in [6.45, 7) is 2.02. The molecule has 0 radical (unpaired) electrons. The molecular formula is C27H23ClN4O. The molecule has 0 spiro atoms. The summed E-state index contributed by atoms with van der Waals surface area (Å²) in [4.78, 5) is 8.78. The lowest BCUT2D eigenvalue weighted by molar-refractivity contribution is 0.302. The number of rotatable bonds is 6. The Morgan fingerprint density at radius 2 is 1.73 bits per heavy atom. The second-order valence-corrected chi connectivity index (χ2v) is 7.96. The summed E-state index contributed by atoms with van der Waals surface area (Å²) in [5.74, 6) is 1.12. The number of amidine groups is 2. The smallest absolute Gasteiger partial charge is 0.154 e. The Morgan fingerprint density at radius 1 is 1.00 bits per heavy atom. The fourth-order valence-electron chi connectivity index (χ4n) is 3.33. The van der Waals surface area contributed by atoms with Crippen molar-refractivity contribution in [3.63, 3.8) is 0 Å². The topological polar surface area (TPSA) is 84.3 Å². The van der Waals surface area contributed by atoms with E-state index in [0.717, 1.165) is 27.7 Å². The Morgan fingerprint density at radius 3 is 2.45 bits per heavy atom. The van der Waals surface area contributed by atoms with Gasteiger partial charge in [-0.1, -0.05) is 60.1 Å². The molecule has 0 saturated carbocycles. The van der Waals surface area contributed by atoms with Crippen molar-refractivity contribution >= 4 is 45.8 Å². The number of nitrogens with one attached hydrogen (secondary N) is 1. The van der Waals surface area contributed by atoms with Gasteiger partial charge < -0.3 is 10.5 Å². The first-order valence-electron chi connectivity index (χ1n) is 10.4. The first-order valence-corrected chi connectivity index (χ1v) is 10.8. The van der Waals surface area contributed by atoms with Gasteiger partial charge in [0.25, 0.3) is 0 Å². The average molecular weight is 455 g/mol. The summed E-state index contributed by atoms with van der Waals surface area (Å²) in [6, 6.07) is 27.0. The molecule has 6 heteroatoms. The van der Waals surface area contributed by atoms with E-state index in [4.69, 9.17) is 27.5 Å². The standard InChI is InChI=1S/C27H23ClN4O/c1-18(29)31-27(30)25(16-19-6-11-22(28)12-7-19)20-9-14-24(15-10-20)33-17-23-13-8-21-4-2-3-5-26(21)32-23/h2-16H,17H2,1H3,(H3,29,30,31)/b25-16+. The van der Waals surface area contributed by atoms with E-state index in [1.54, 1.807) is 6.92 Å². The molecule has 33 heavy (non-hydrogen) atoms. The van der Waals surface area contributed by atoms with Gasteiger partial charge in [-0.25, -0.2) is 9.98 Å². The molecule has 0 atom stereocenters. The van der Waals surface area contributed by atoms with Gasteiger partial charge in [-0.15, -0.1) is 0 Å². The van der Waals surface area contributed by atoms with Gasteiger partial charge in [0.2, 0.25) is 0 Å². The lowest BCUT2D eigenvalue weighted by Gasteiger charge is -2.10. The predicted octanol–water partition coefficient (Wildman–Crippen LogP) is 6.36. The number of aromatic nitrogens is 1. The van der Waals surface area contributed by atoms with Crippen LogP contribution in [0.15, 0.2) is 89.9 Å². The Bertz CT molecular complexity index is 1340.